The van der Waals surface area contributed by atoms with Crippen molar-refractivity contribution in [1.82, 2.24) is 4.90 Å². The van der Waals surface area contributed by atoms with Crippen LogP contribution in [0, 0.1) is 5.82 Å². The van der Waals surface area contributed by atoms with Gasteiger partial charge in [-0.25, -0.2) is 9.18 Å². The maximum Gasteiger partial charge on any atom is 0.326 e. The molecule has 0 radical (unpaired) electrons. The van der Waals surface area contributed by atoms with Gasteiger partial charge in [0.05, 0.1) is 5.92 Å². The zero-order valence-electron chi connectivity index (χ0n) is 10.6. The molecule has 1 amide bonds. The van der Waals surface area contributed by atoms with E-state index in [0.717, 1.165) is 4.90 Å². The molecule has 0 aliphatic carbocycles. The predicted octanol–water partition coefficient (Wildman–Crippen LogP) is 1.86. The Bertz CT molecular complexity index is 461. The lowest BCUT2D eigenvalue weighted by molar-refractivity contribution is -0.148. The van der Waals surface area contributed by atoms with Gasteiger partial charge in [0.25, 0.3) is 0 Å². The molecule has 4 nitrogen and oxygen atoms in total. The third kappa shape index (κ3) is 3.06. The molecule has 98 valence electrons. The minimum Gasteiger partial charge on any atom is -0.480 e. The van der Waals surface area contributed by atoms with Crippen LogP contribution in [0.1, 0.15) is 25.3 Å². The van der Waals surface area contributed by atoms with E-state index >= 15 is 0 Å². The van der Waals surface area contributed by atoms with E-state index in [-0.39, 0.29) is 5.91 Å². The van der Waals surface area contributed by atoms with Crippen LogP contribution in [0.4, 0.5) is 4.39 Å². The fourth-order valence-corrected chi connectivity index (χ4v) is 1.58. The van der Waals surface area contributed by atoms with E-state index in [1.165, 1.54) is 32.2 Å². The number of amides is 1. The van der Waals surface area contributed by atoms with Crippen LogP contribution in [0.2, 0.25) is 0 Å². The van der Waals surface area contributed by atoms with Crippen LogP contribution in [0.25, 0.3) is 0 Å². The molecule has 0 saturated carbocycles. The largest absolute Gasteiger partial charge is 0.480 e. The van der Waals surface area contributed by atoms with E-state index in [2.05, 4.69) is 0 Å². The summed E-state index contributed by atoms with van der Waals surface area (Å²) in [6, 6.07) is 4.83. The van der Waals surface area contributed by atoms with Gasteiger partial charge >= 0.3 is 5.97 Å². The van der Waals surface area contributed by atoms with Crippen LogP contribution in [0.5, 0.6) is 0 Å². The molecule has 0 bridgehead atoms. The lowest BCUT2D eigenvalue weighted by Crippen LogP contribution is -2.42. The van der Waals surface area contributed by atoms with Gasteiger partial charge in [0.15, 0.2) is 0 Å². The Morgan fingerprint density at radius 2 is 1.94 bits per heavy atom. The topological polar surface area (TPSA) is 57.6 Å². The first-order valence-electron chi connectivity index (χ1n) is 5.59. The highest BCUT2D eigenvalue weighted by Gasteiger charge is 2.26. The lowest BCUT2D eigenvalue weighted by Gasteiger charge is -2.25. The summed E-state index contributed by atoms with van der Waals surface area (Å²) in [4.78, 5) is 24.0. The number of carboxylic acid groups (broad SMARTS) is 1. The fourth-order valence-electron chi connectivity index (χ4n) is 1.58. The minimum atomic E-state index is -1.07. The Morgan fingerprint density at radius 1 is 1.33 bits per heavy atom. The molecule has 1 aromatic carbocycles. The summed E-state index contributed by atoms with van der Waals surface area (Å²) < 4.78 is 13.1. The van der Waals surface area contributed by atoms with Gasteiger partial charge in [0, 0.05) is 7.05 Å². The number of nitrogens with zero attached hydrogens (tertiary/aromatic N) is 1. The summed E-state index contributed by atoms with van der Waals surface area (Å²) in [6.45, 7) is 3.06. The number of halogens is 1. The normalized spacial score (nSPS) is 13.8. The van der Waals surface area contributed by atoms with Gasteiger partial charge < -0.3 is 10.0 Å². The average molecular weight is 253 g/mol. The first-order chi connectivity index (χ1) is 8.34. The number of benzene rings is 1. The quantitative estimate of drug-likeness (QED) is 0.891. The van der Waals surface area contributed by atoms with Gasteiger partial charge in [-0.15, -0.1) is 0 Å². The second kappa shape index (κ2) is 5.62. The zero-order chi connectivity index (χ0) is 13.9. The first kappa shape index (κ1) is 14.2. The van der Waals surface area contributed by atoms with Crippen molar-refractivity contribution in [2.45, 2.75) is 25.8 Å². The van der Waals surface area contributed by atoms with Crippen molar-refractivity contribution in [3.8, 4) is 0 Å². The second-order valence-electron chi connectivity index (χ2n) is 4.24. The maximum absolute atomic E-state index is 13.1. The number of carboxylic acids is 1. The van der Waals surface area contributed by atoms with Crippen molar-refractivity contribution in [2.75, 3.05) is 7.05 Å². The molecule has 2 atom stereocenters. The van der Waals surface area contributed by atoms with E-state index in [0.29, 0.717) is 5.56 Å². The number of likely N-dealkylation sites (N-methyl/N-ethyl adjacent to an activating group) is 1. The Hall–Kier alpha value is -1.91. The Labute approximate surface area is 105 Å². The summed E-state index contributed by atoms with van der Waals surface area (Å²) >= 11 is 0. The van der Waals surface area contributed by atoms with Crippen LogP contribution < -0.4 is 0 Å². The Balaban J connectivity index is 2.87. The summed E-state index contributed by atoms with van der Waals surface area (Å²) in [7, 11) is 1.43. The molecule has 0 aliphatic rings. The highest BCUT2D eigenvalue weighted by atomic mass is 19.1. The maximum atomic E-state index is 13.1. The highest BCUT2D eigenvalue weighted by molar-refractivity contribution is 5.87. The fraction of sp³-hybridized carbons (Fsp3) is 0.385. The van der Waals surface area contributed by atoms with Crippen LogP contribution in [-0.2, 0) is 9.59 Å². The molecule has 0 aromatic heterocycles. The third-order valence-corrected chi connectivity index (χ3v) is 3.01. The molecule has 18 heavy (non-hydrogen) atoms. The number of hydrogen-bond donors (Lipinski definition) is 1. The molecule has 1 N–H and O–H groups in total. The summed E-state index contributed by atoms with van der Waals surface area (Å²) in [5.74, 6) is -2.42. The first-order valence-corrected chi connectivity index (χ1v) is 5.59. The predicted molar refractivity (Wildman–Crippen MR) is 64.7 cm³/mol. The monoisotopic (exact) mass is 253 g/mol. The molecule has 5 heteroatoms. The summed E-state index contributed by atoms with van der Waals surface area (Å²) in [6.07, 6.45) is 0. The standard InChI is InChI=1S/C13H16FNO3/c1-8(10-5-4-6-11(14)7-10)12(16)15(3)9(2)13(17)18/h4-9H,1-3H3,(H,17,18). The molecule has 1 aromatic rings. The molecule has 0 fully saturated rings. The lowest BCUT2D eigenvalue weighted by atomic mass is 9.99. The van der Waals surface area contributed by atoms with Crippen molar-refractivity contribution in [1.29, 1.82) is 0 Å². The smallest absolute Gasteiger partial charge is 0.326 e. The second-order valence-corrected chi connectivity index (χ2v) is 4.24. The van der Waals surface area contributed by atoms with E-state index < -0.39 is 23.7 Å². The van der Waals surface area contributed by atoms with Crippen LogP contribution in [0.15, 0.2) is 24.3 Å². The van der Waals surface area contributed by atoms with Crippen molar-refractivity contribution >= 4 is 11.9 Å². The third-order valence-electron chi connectivity index (χ3n) is 3.01. The molecule has 0 spiro atoms. The molecule has 1 rings (SSSR count). The van der Waals surface area contributed by atoms with E-state index in [1.54, 1.807) is 13.0 Å². The number of carbonyl (C=O) groups is 2. The molecular formula is C13H16FNO3. The van der Waals surface area contributed by atoms with Gasteiger partial charge in [-0.2, -0.15) is 0 Å². The number of carbonyl (C=O) groups excluding carboxylic acids is 1. The SMILES string of the molecule is CC(C(=O)N(C)C(C)C(=O)O)c1cccc(F)c1. The van der Waals surface area contributed by atoms with Gasteiger partial charge in [0.1, 0.15) is 11.9 Å². The number of rotatable bonds is 4. The molecule has 2 unspecified atom stereocenters. The number of hydrogen-bond acceptors (Lipinski definition) is 2. The van der Waals surface area contributed by atoms with E-state index in [1.807, 2.05) is 0 Å². The minimum absolute atomic E-state index is 0.351. The Kier molecular flexibility index (Phi) is 4.42. The van der Waals surface area contributed by atoms with Crippen molar-refractivity contribution in [3.05, 3.63) is 35.6 Å². The molecule has 0 heterocycles. The van der Waals surface area contributed by atoms with Crippen molar-refractivity contribution in [2.24, 2.45) is 0 Å². The zero-order valence-corrected chi connectivity index (χ0v) is 10.6. The molecule has 0 aliphatic heterocycles. The van der Waals surface area contributed by atoms with E-state index in [4.69, 9.17) is 5.11 Å². The highest BCUT2D eigenvalue weighted by Crippen LogP contribution is 2.19. The molecular weight excluding hydrogens is 237 g/mol. The van der Waals surface area contributed by atoms with Crippen LogP contribution in [-0.4, -0.2) is 35.0 Å². The summed E-state index contributed by atoms with van der Waals surface area (Å²) in [5, 5.41) is 8.84. The molecule has 0 saturated heterocycles. The van der Waals surface area contributed by atoms with Crippen molar-refractivity contribution in [3.63, 3.8) is 0 Å². The van der Waals surface area contributed by atoms with Gasteiger partial charge in [-0.3, -0.25) is 4.79 Å². The van der Waals surface area contributed by atoms with Gasteiger partial charge in [0.2, 0.25) is 5.91 Å². The van der Waals surface area contributed by atoms with Crippen LogP contribution in [0.3, 0.4) is 0 Å². The van der Waals surface area contributed by atoms with Crippen molar-refractivity contribution < 1.29 is 19.1 Å². The van der Waals surface area contributed by atoms with E-state index in [9.17, 15) is 14.0 Å². The van der Waals surface area contributed by atoms with Crippen LogP contribution >= 0.6 is 0 Å². The Morgan fingerprint density at radius 3 is 2.44 bits per heavy atom. The number of aliphatic carboxylic acids is 1. The van der Waals surface area contributed by atoms with Gasteiger partial charge in [-0.05, 0) is 31.5 Å². The summed E-state index contributed by atoms with van der Waals surface area (Å²) in [5.41, 5.74) is 0.532. The average Bonchev–Trinajstić information content (AvgIpc) is 2.35. The van der Waals surface area contributed by atoms with Gasteiger partial charge in [-0.1, -0.05) is 12.1 Å².